The van der Waals surface area contributed by atoms with Gasteiger partial charge in [-0.15, -0.1) is 0 Å². The molecule has 0 amide bonds. The van der Waals surface area contributed by atoms with Crippen LogP contribution in [0.2, 0.25) is 5.02 Å². The Morgan fingerprint density at radius 2 is 2.25 bits per heavy atom. The molecule has 0 fully saturated rings. The van der Waals surface area contributed by atoms with Crippen molar-refractivity contribution in [1.29, 1.82) is 0 Å². The lowest BCUT2D eigenvalue weighted by Gasteiger charge is -2.27. The van der Waals surface area contributed by atoms with Crippen LogP contribution < -0.4 is 0 Å². The molecular formula is C13H13ClN4O2. The summed E-state index contributed by atoms with van der Waals surface area (Å²) in [6.07, 6.45) is 3.76. The highest BCUT2D eigenvalue weighted by atomic mass is 35.5. The number of nitro groups is 1. The first-order valence-corrected chi connectivity index (χ1v) is 6.66. The van der Waals surface area contributed by atoms with Crippen LogP contribution in [0.4, 0.5) is 5.69 Å². The van der Waals surface area contributed by atoms with Gasteiger partial charge in [-0.3, -0.25) is 15.0 Å². The number of benzene rings is 1. The average Bonchev–Trinajstić information content (AvgIpc) is 2.88. The third-order valence-electron chi connectivity index (χ3n) is 3.46. The molecule has 2 aromatic rings. The molecule has 6 nitrogen and oxygen atoms in total. The summed E-state index contributed by atoms with van der Waals surface area (Å²) in [5, 5.41) is 11.4. The minimum atomic E-state index is -0.400. The van der Waals surface area contributed by atoms with Crippen LogP contribution in [0, 0.1) is 10.1 Å². The van der Waals surface area contributed by atoms with Crippen molar-refractivity contribution in [3.8, 4) is 0 Å². The molecule has 0 aliphatic carbocycles. The maximum absolute atomic E-state index is 10.8. The molecule has 0 radical (unpaired) electrons. The maximum atomic E-state index is 10.8. The second kappa shape index (κ2) is 5.22. The molecule has 0 atom stereocenters. The van der Waals surface area contributed by atoms with Gasteiger partial charge in [-0.25, -0.2) is 4.98 Å². The molecular weight excluding hydrogens is 280 g/mol. The molecule has 1 aromatic heterocycles. The molecule has 1 aliphatic rings. The number of hydrogen-bond donors (Lipinski definition) is 0. The van der Waals surface area contributed by atoms with E-state index in [9.17, 15) is 10.1 Å². The van der Waals surface area contributed by atoms with E-state index in [1.54, 1.807) is 18.3 Å². The number of fused-ring (bicyclic) bond motifs is 1. The fourth-order valence-corrected chi connectivity index (χ4v) is 2.57. The van der Waals surface area contributed by atoms with Crippen molar-refractivity contribution in [3.05, 3.63) is 57.1 Å². The number of aromatic nitrogens is 2. The van der Waals surface area contributed by atoms with Gasteiger partial charge in [0.2, 0.25) is 0 Å². The zero-order valence-electron chi connectivity index (χ0n) is 10.7. The summed E-state index contributed by atoms with van der Waals surface area (Å²) in [4.78, 5) is 16.9. The van der Waals surface area contributed by atoms with Gasteiger partial charge in [-0.2, -0.15) is 0 Å². The van der Waals surface area contributed by atoms with E-state index in [-0.39, 0.29) is 5.69 Å². The summed E-state index contributed by atoms with van der Waals surface area (Å²) in [6.45, 7) is 3.07. The molecule has 2 heterocycles. The van der Waals surface area contributed by atoms with Gasteiger partial charge in [0.1, 0.15) is 5.82 Å². The molecule has 1 aromatic carbocycles. The Labute approximate surface area is 120 Å². The molecule has 0 saturated carbocycles. The Hall–Kier alpha value is -1.92. The molecule has 0 spiro atoms. The van der Waals surface area contributed by atoms with Crippen molar-refractivity contribution in [2.75, 3.05) is 6.54 Å². The third kappa shape index (κ3) is 2.52. The van der Waals surface area contributed by atoms with Crippen molar-refractivity contribution < 1.29 is 4.92 Å². The molecule has 0 unspecified atom stereocenters. The fourth-order valence-electron chi connectivity index (χ4n) is 2.40. The van der Waals surface area contributed by atoms with E-state index in [2.05, 4.69) is 14.5 Å². The number of nitrogens with zero attached hydrogens (tertiary/aromatic N) is 4. The number of nitro benzene ring substituents is 1. The predicted molar refractivity (Wildman–Crippen MR) is 74.4 cm³/mol. The van der Waals surface area contributed by atoms with Gasteiger partial charge in [-0.1, -0.05) is 11.6 Å². The van der Waals surface area contributed by atoms with Crippen LogP contribution >= 0.6 is 11.6 Å². The SMILES string of the molecule is O=[N+]([O-])c1ccc(Cl)c(CN2CCn3ccnc3C2)c1. The van der Waals surface area contributed by atoms with E-state index in [0.29, 0.717) is 11.6 Å². The lowest BCUT2D eigenvalue weighted by Crippen LogP contribution is -2.33. The Balaban J connectivity index is 1.78. The molecule has 20 heavy (non-hydrogen) atoms. The van der Waals surface area contributed by atoms with Crippen molar-refractivity contribution >= 4 is 17.3 Å². The van der Waals surface area contributed by atoms with Crippen LogP contribution in [0.3, 0.4) is 0 Å². The molecule has 104 valence electrons. The van der Waals surface area contributed by atoms with E-state index in [1.807, 2.05) is 6.20 Å². The van der Waals surface area contributed by atoms with E-state index in [4.69, 9.17) is 11.6 Å². The van der Waals surface area contributed by atoms with Gasteiger partial charge in [0.15, 0.2) is 0 Å². The Morgan fingerprint density at radius 3 is 3.05 bits per heavy atom. The van der Waals surface area contributed by atoms with Crippen LogP contribution in [0.1, 0.15) is 11.4 Å². The molecule has 0 N–H and O–H groups in total. The van der Waals surface area contributed by atoms with Gasteiger partial charge < -0.3 is 4.57 Å². The van der Waals surface area contributed by atoms with Crippen LogP contribution in [0.15, 0.2) is 30.6 Å². The standard InChI is InChI=1S/C13H13ClN4O2/c14-12-2-1-11(18(19)20)7-10(12)8-16-5-6-17-4-3-15-13(17)9-16/h1-4,7H,5-6,8-9H2. The summed E-state index contributed by atoms with van der Waals surface area (Å²) < 4.78 is 2.12. The normalized spacial score (nSPS) is 15.1. The Kier molecular flexibility index (Phi) is 3.42. The van der Waals surface area contributed by atoms with E-state index in [0.717, 1.165) is 31.0 Å². The van der Waals surface area contributed by atoms with Crippen molar-refractivity contribution in [3.63, 3.8) is 0 Å². The van der Waals surface area contributed by atoms with Gasteiger partial charge in [0.05, 0.1) is 11.5 Å². The highest BCUT2D eigenvalue weighted by Crippen LogP contribution is 2.24. The summed E-state index contributed by atoms with van der Waals surface area (Å²) >= 11 is 6.13. The number of hydrogen-bond acceptors (Lipinski definition) is 4. The molecule has 0 saturated heterocycles. The van der Waals surface area contributed by atoms with E-state index >= 15 is 0 Å². The first-order valence-electron chi connectivity index (χ1n) is 6.28. The summed E-state index contributed by atoms with van der Waals surface area (Å²) in [5.41, 5.74) is 0.851. The zero-order chi connectivity index (χ0) is 14.1. The van der Waals surface area contributed by atoms with Gasteiger partial charge in [0.25, 0.3) is 5.69 Å². The fraction of sp³-hybridized carbons (Fsp3) is 0.308. The molecule has 3 rings (SSSR count). The highest BCUT2D eigenvalue weighted by Gasteiger charge is 2.18. The second-order valence-corrected chi connectivity index (χ2v) is 5.19. The van der Waals surface area contributed by atoms with Gasteiger partial charge in [0, 0.05) is 49.2 Å². The van der Waals surface area contributed by atoms with Crippen LogP contribution in [-0.2, 0) is 19.6 Å². The predicted octanol–water partition coefficient (Wildman–Crippen LogP) is 2.46. The van der Waals surface area contributed by atoms with Crippen molar-refractivity contribution in [2.24, 2.45) is 0 Å². The van der Waals surface area contributed by atoms with E-state index in [1.165, 1.54) is 6.07 Å². The summed E-state index contributed by atoms with van der Waals surface area (Å²) in [6, 6.07) is 4.55. The average molecular weight is 293 g/mol. The number of non-ortho nitro benzene ring substituents is 1. The minimum Gasteiger partial charge on any atom is -0.333 e. The third-order valence-corrected chi connectivity index (χ3v) is 3.83. The minimum absolute atomic E-state index is 0.0721. The lowest BCUT2D eigenvalue weighted by atomic mass is 10.1. The second-order valence-electron chi connectivity index (χ2n) is 4.78. The number of imidazole rings is 1. The first kappa shape index (κ1) is 13.1. The summed E-state index contributed by atoms with van der Waals surface area (Å²) in [7, 11) is 0. The summed E-state index contributed by atoms with van der Waals surface area (Å²) in [5.74, 6) is 1.01. The first-order chi connectivity index (χ1) is 9.63. The molecule has 1 aliphatic heterocycles. The quantitative estimate of drug-likeness (QED) is 0.644. The zero-order valence-corrected chi connectivity index (χ0v) is 11.5. The highest BCUT2D eigenvalue weighted by molar-refractivity contribution is 6.31. The van der Waals surface area contributed by atoms with Crippen LogP contribution in [0.25, 0.3) is 0 Å². The Morgan fingerprint density at radius 1 is 1.40 bits per heavy atom. The molecule has 7 heteroatoms. The monoisotopic (exact) mass is 292 g/mol. The number of rotatable bonds is 3. The van der Waals surface area contributed by atoms with Crippen molar-refractivity contribution in [2.45, 2.75) is 19.6 Å². The Bertz CT molecular complexity index is 656. The lowest BCUT2D eigenvalue weighted by molar-refractivity contribution is -0.384. The van der Waals surface area contributed by atoms with Gasteiger partial charge >= 0.3 is 0 Å². The van der Waals surface area contributed by atoms with E-state index < -0.39 is 4.92 Å². The molecule has 0 bridgehead atoms. The smallest absolute Gasteiger partial charge is 0.269 e. The van der Waals surface area contributed by atoms with Crippen LogP contribution in [0.5, 0.6) is 0 Å². The van der Waals surface area contributed by atoms with Gasteiger partial charge in [-0.05, 0) is 11.6 Å². The largest absolute Gasteiger partial charge is 0.333 e. The number of halogens is 1. The van der Waals surface area contributed by atoms with Crippen molar-refractivity contribution in [1.82, 2.24) is 14.5 Å². The maximum Gasteiger partial charge on any atom is 0.269 e. The van der Waals surface area contributed by atoms with Crippen LogP contribution in [-0.4, -0.2) is 25.9 Å². The topological polar surface area (TPSA) is 64.2 Å².